The summed E-state index contributed by atoms with van der Waals surface area (Å²) < 4.78 is 27.5. The van der Waals surface area contributed by atoms with Crippen LogP contribution >= 0.6 is 11.6 Å². The van der Waals surface area contributed by atoms with E-state index in [2.05, 4.69) is 5.32 Å². The van der Waals surface area contributed by atoms with E-state index < -0.39 is 10.0 Å². The number of amides is 1. The molecule has 0 radical (unpaired) electrons. The summed E-state index contributed by atoms with van der Waals surface area (Å²) in [7, 11) is -3.60. The zero-order valence-corrected chi connectivity index (χ0v) is 16.8. The van der Waals surface area contributed by atoms with Gasteiger partial charge in [-0.15, -0.1) is 0 Å². The first-order chi connectivity index (χ1) is 12.9. The lowest BCUT2D eigenvalue weighted by Crippen LogP contribution is -2.42. The van der Waals surface area contributed by atoms with Crippen LogP contribution in [0.25, 0.3) is 0 Å². The fourth-order valence-electron chi connectivity index (χ4n) is 3.25. The van der Waals surface area contributed by atoms with E-state index in [0.29, 0.717) is 23.7 Å². The Morgan fingerprint density at radius 1 is 1.19 bits per heavy atom. The van der Waals surface area contributed by atoms with Gasteiger partial charge in [-0.1, -0.05) is 36.2 Å². The van der Waals surface area contributed by atoms with E-state index in [4.69, 9.17) is 11.6 Å². The van der Waals surface area contributed by atoms with E-state index >= 15 is 0 Å². The fourth-order valence-corrected chi connectivity index (χ4v) is 5.12. The molecule has 7 heteroatoms. The Bertz CT molecular complexity index is 913. The van der Waals surface area contributed by atoms with Crippen LogP contribution in [0, 0.1) is 0 Å². The third-order valence-electron chi connectivity index (χ3n) is 4.81. The topological polar surface area (TPSA) is 66.5 Å². The van der Waals surface area contributed by atoms with E-state index in [1.165, 1.54) is 6.07 Å². The number of carbonyl (C=O) groups excluding carboxylic acids is 1. The third-order valence-corrected chi connectivity index (χ3v) is 7.07. The Balaban J connectivity index is 1.74. The molecule has 0 unspecified atom stereocenters. The van der Waals surface area contributed by atoms with Gasteiger partial charge in [0.1, 0.15) is 0 Å². The molecule has 1 aliphatic rings. The smallest absolute Gasteiger partial charge is 0.251 e. The number of nitrogens with zero attached hydrogens (tertiary/aromatic N) is 1. The molecule has 2 aromatic carbocycles. The number of halogens is 1. The van der Waals surface area contributed by atoms with Crippen LogP contribution in [0.15, 0.2) is 53.4 Å². The second-order valence-electron chi connectivity index (χ2n) is 6.80. The quantitative estimate of drug-likeness (QED) is 0.820. The first-order valence-electron chi connectivity index (χ1n) is 9.02. The normalized spacial score (nSPS) is 18.2. The monoisotopic (exact) mass is 406 g/mol. The van der Waals surface area contributed by atoms with Crippen molar-refractivity contribution in [3.05, 3.63) is 64.7 Å². The van der Waals surface area contributed by atoms with Gasteiger partial charge >= 0.3 is 0 Å². The summed E-state index contributed by atoms with van der Waals surface area (Å²) >= 11 is 5.86. The Hall–Kier alpha value is -1.89. The highest BCUT2D eigenvalue weighted by molar-refractivity contribution is 7.89. The molecule has 1 aliphatic heterocycles. The highest BCUT2D eigenvalue weighted by Crippen LogP contribution is 2.25. The van der Waals surface area contributed by atoms with Gasteiger partial charge in [-0.25, -0.2) is 8.42 Å². The van der Waals surface area contributed by atoms with Crippen molar-refractivity contribution in [3.63, 3.8) is 0 Å². The van der Waals surface area contributed by atoms with Crippen molar-refractivity contribution in [2.45, 2.75) is 43.7 Å². The lowest BCUT2D eigenvalue weighted by molar-refractivity contribution is 0.0950. The molecule has 0 aromatic heterocycles. The predicted octanol–water partition coefficient (Wildman–Crippen LogP) is 3.83. The number of hydrogen-bond acceptors (Lipinski definition) is 3. The molecule has 27 heavy (non-hydrogen) atoms. The highest BCUT2D eigenvalue weighted by Gasteiger charge is 2.31. The number of hydrogen-bond donors (Lipinski definition) is 1. The molecule has 3 rings (SSSR count). The van der Waals surface area contributed by atoms with Crippen LogP contribution < -0.4 is 5.32 Å². The van der Waals surface area contributed by atoms with Crippen molar-refractivity contribution >= 4 is 27.5 Å². The van der Waals surface area contributed by atoms with Crippen LogP contribution in [-0.4, -0.2) is 31.2 Å². The van der Waals surface area contributed by atoms with Gasteiger partial charge in [-0.05, 0) is 55.7 Å². The largest absolute Gasteiger partial charge is 0.348 e. The minimum absolute atomic E-state index is 0.0221. The van der Waals surface area contributed by atoms with Crippen molar-refractivity contribution in [2.24, 2.45) is 0 Å². The maximum Gasteiger partial charge on any atom is 0.251 e. The Kier molecular flexibility index (Phi) is 6.19. The first kappa shape index (κ1) is 19.9. The number of piperidine rings is 1. The van der Waals surface area contributed by atoms with Crippen LogP contribution in [0.2, 0.25) is 5.02 Å². The molecular formula is C20H23ClN2O3S. The molecule has 1 fully saturated rings. The molecule has 1 amide bonds. The molecule has 1 atom stereocenters. The molecule has 0 spiro atoms. The fraction of sp³-hybridized carbons (Fsp3) is 0.350. The standard InChI is InChI=1S/C20H23ClN2O3S/c1-15-5-2-3-12-23(15)27(25,26)19-7-4-6-17(13-19)20(24)22-14-16-8-10-18(21)11-9-16/h4,6-11,13,15H,2-3,5,12,14H2,1H3,(H,22,24)/t15-/m0/s1. The Morgan fingerprint density at radius 3 is 2.63 bits per heavy atom. The molecular weight excluding hydrogens is 384 g/mol. The van der Waals surface area contributed by atoms with Crippen molar-refractivity contribution in [3.8, 4) is 0 Å². The van der Waals surface area contributed by atoms with Crippen LogP contribution in [0.5, 0.6) is 0 Å². The van der Waals surface area contributed by atoms with Crippen LogP contribution in [0.3, 0.4) is 0 Å². The maximum absolute atomic E-state index is 13.0. The van der Waals surface area contributed by atoms with Crippen LogP contribution in [0.4, 0.5) is 0 Å². The van der Waals surface area contributed by atoms with Crippen molar-refractivity contribution in [1.29, 1.82) is 0 Å². The molecule has 0 aliphatic carbocycles. The van der Waals surface area contributed by atoms with Gasteiger partial charge in [0.15, 0.2) is 0 Å². The van der Waals surface area contributed by atoms with E-state index in [-0.39, 0.29) is 16.8 Å². The predicted molar refractivity (Wildman–Crippen MR) is 106 cm³/mol. The van der Waals surface area contributed by atoms with Crippen molar-refractivity contribution < 1.29 is 13.2 Å². The Morgan fingerprint density at radius 2 is 1.93 bits per heavy atom. The molecule has 0 saturated carbocycles. The number of sulfonamides is 1. The molecule has 144 valence electrons. The third kappa shape index (κ3) is 4.69. The van der Waals surface area contributed by atoms with Crippen molar-refractivity contribution in [1.82, 2.24) is 9.62 Å². The van der Waals surface area contributed by atoms with Gasteiger partial charge in [-0.3, -0.25) is 4.79 Å². The maximum atomic E-state index is 13.0. The van der Waals surface area contributed by atoms with E-state index in [0.717, 1.165) is 24.8 Å². The second kappa shape index (κ2) is 8.42. The van der Waals surface area contributed by atoms with E-state index in [9.17, 15) is 13.2 Å². The lowest BCUT2D eigenvalue weighted by Gasteiger charge is -2.32. The Labute approximate surface area is 165 Å². The zero-order valence-electron chi connectivity index (χ0n) is 15.2. The SMILES string of the molecule is C[C@H]1CCCCN1S(=O)(=O)c1cccc(C(=O)NCc2ccc(Cl)cc2)c1. The summed E-state index contributed by atoms with van der Waals surface area (Å²) in [4.78, 5) is 12.6. The average molecular weight is 407 g/mol. The summed E-state index contributed by atoms with van der Waals surface area (Å²) in [6, 6.07) is 13.4. The van der Waals surface area contributed by atoms with Crippen molar-refractivity contribution in [2.75, 3.05) is 6.54 Å². The second-order valence-corrected chi connectivity index (χ2v) is 9.12. The molecule has 1 heterocycles. The highest BCUT2D eigenvalue weighted by atomic mass is 35.5. The minimum atomic E-state index is -3.60. The number of rotatable bonds is 5. The van der Waals surface area contributed by atoms with Gasteiger partial charge in [-0.2, -0.15) is 4.31 Å². The van der Waals surface area contributed by atoms with Crippen LogP contribution in [-0.2, 0) is 16.6 Å². The molecule has 1 saturated heterocycles. The molecule has 1 N–H and O–H groups in total. The summed E-state index contributed by atoms with van der Waals surface area (Å²) in [6.45, 7) is 2.80. The van der Waals surface area contributed by atoms with Gasteiger partial charge in [0.25, 0.3) is 5.91 Å². The lowest BCUT2D eigenvalue weighted by atomic mass is 10.1. The van der Waals surface area contributed by atoms with Gasteiger partial charge in [0.2, 0.25) is 10.0 Å². The minimum Gasteiger partial charge on any atom is -0.348 e. The van der Waals surface area contributed by atoms with E-state index in [1.54, 1.807) is 34.6 Å². The molecule has 5 nitrogen and oxygen atoms in total. The number of benzene rings is 2. The number of carbonyl (C=O) groups is 1. The summed E-state index contributed by atoms with van der Waals surface area (Å²) in [6.07, 6.45) is 2.77. The number of nitrogens with one attached hydrogen (secondary N) is 1. The summed E-state index contributed by atoms with van der Waals surface area (Å²) in [5, 5.41) is 3.45. The molecule has 2 aromatic rings. The average Bonchev–Trinajstić information content (AvgIpc) is 2.67. The van der Waals surface area contributed by atoms with E-state index in [1.807, 2.05) is 19.1 Å². The van der Waals surface area contributed by atoms with Gasteiger partial charge < -0.3 is 5.32 Å². The van der Waals surface area contributed by atoms with Gasteiger partial charge in [0, 0.05) is 29.7 Å². The van der Waals surface area contributed by atoms with Crippen LogP contribution in [0.1, 0.15) is 42.1 Å². The van der Waals surface area contributed by atoms with Gasteiger partial charge in [0.05, 0.1) is 4.90 Å². The summed E-state index contributed by atoms with van der Waals surface area (Å²) in [5.74, 6) is -0.311. The summed E-state index contributed by atoms with van der Waals surface area (Å²) in [5.41, 5.74) is 1.24. The molecule has 0 bridgehead atoms. The zero-order chi connectivity index (χ0) is 19.4. The first-order valence-corrected chi connectivity index (χ1v) is 10.8.